The summed E-state index contributed by atoms with van der Waals surface area (Å²) in [6.07, 6.45) is 1.74. The fourth-order valence-electron chi connectivity index (χ4n) is 3.66. The number of hydrogen-bond donors (Lipinski definition) is 1. The summed E-state index contributed by atoms with van der Waals surface area (Å²) in [6, 6.07) is 11.5. The minimum absolute atomic E-state index is 0.114. The Morgan fingerprint density at radius 2 is 2.00 bits per heavy atom. The van der Waals surface area contributed by atoms with Gasteiger partial charge in [-0.1, -0.05) is 29.5 Å². The molecule has 0 aliphatic carbocycles. The number of methoxy groups -OCH3 is 1. The van der Waals surface area contributed by atoms with E-state index in [1.54, 1.807) is 57.4 Å². The minimum Gasteiger partial charge on any atom is -0.507 e. The molecule has 33 heavy (non-hydrogen) atoms. The van der Waals surface area contributed by atoms with Gasteiger partial charge in [-0.05, 0) is 71.2 Å². The van der Waals surface area contributed by atoms with Crippen molar-refractivity contribution in [2.24, 2.45) is 4.99 Å². The topological polar surface area (TPSA) is 90.1 Å². The summed E-state index contributed by atoms with van der Waals surface area (Å²) in [5.74, 6) is 0.279. The fraction of sp³-hybridized carbons (Fsp3) is 0.208. The second kappa shape index (κ2) is 9.36. The van der Waals surface area contributed by atoms with Gasteiger partial charge < -0.3 is 14.6 Å². The van der Waals surface area contributed by atoms with E-state index < -0.39 is 12.0 Å². The van der Waals surface area contributed by atoms with Gasteiger partial charge in [0.05, 0.1) is 40.0 Å². The number of ether oxygens (including phenoxy) is 2. The lowest BCUT2D eigenvalue weighted by molar-refractivity contribution is -0.139. The number of allylic oxidation sites excluding steroid dienone is 1. The van der Waals surface area contributed by atoms with Crippen molar-refractivity contribution in [3.8, 4) is 11.5 Å². The van der Waals surface area contributed by atoms with Gasteiger partial charge in [-0.2, -0.15) is 0 Å². The van der Waals surface area contributed by atoms with Crippen LogP contribution in [-0.4, -0.2) is 29.4 Å². The molecule has 1 atom stereocenters. The van der Waals surface area contributed by atoms with Crippen LogP contribution in [0.4, 0.5) is 0 Å². The normalized spacial score (nSPS) is 15.8. The molecule has 0 saturated carbocycles. The number of phenols is 1. The maximum Gasteiger partial charge on any atom is 0.338 e. The van der Waals surface area contributed by atoms with Crippen LogP contribution in [0, 0.1) is 0 Å². The van der Waals surface area contributed by atoms with Crippen molar-refractivity contribution in [2.75, 3.05) is 13.7 Å². The molecular formula is C24H21BrN2O5S. The van der Waals surface area contributed by atoms with Crippen LogP contribution in [0.25, 0.3) is 6.08 Å². The maximum atomic E-state index is 13.5. The van der Waals surface area contributed by atoms with E-state index in [1.165, 1.54) is 15.9 Å². The van der Waals surface area contributed by atoms with Crippen LogP contribution in [0.5, 0.6) is 11.5 Å². The average Bonchev–Trinajstić information content (AvgIpc) is 3.10. The third-order valence-electron chi connectivity index (χ3n) is 5.22. The molecule has 0 saturated heterocycles. The van der Waals surface area contributed by atoms with E-state index in [2.05, 4.69) is 20.9 Å². The zero-order valence-electron chi connectivity index (χ0n) is 18.2. The largest absolute Gasteiger partial charge is 0.507 e. The van der Waals surface area contributed by atoms with Gasteiger partial charge in [0.15, 0.2) is 4.80 Å². The van der Waals surface area contributed by atoms with Gasteiger partial charge in [0.2, 0.25) is 0 Å². The molecule has 2 heterocycles. The standard InChI is InChI=1S/C24H21BrN2O5S/c1-4-32-23(30)20-13(2)26-24-27(21(20)15-6-8-16(31-3)9-7-15)22(29)19(33-24)12-14-5-10-18(28)17(25)11-14/h5-12,21,28H,4H2,1-3H3. The minimum atomic E-state index is -0.681. The lowest BCUT2D eigenvalue weighted by atomic mass is 9.96. The van der Waals surface area contributed by atoms with E-state index >= 15 is 0 Å². The molecular weight excluding hydrogens is 508 g/mol. The molecule has 7 nitrogen and oxygen atoms in total. The number of nitrogens with zero attached hydrogens (tertiary/aromatic N) is 2. The van der Waals surface area contributed by atoms with E-state index in [1.807, 2.05) is 12.1 Å². The lowest BCUT2D eigenvalue weighted by Gasteiger charge is -2.24. The number of esters is 1. The maximum absolute atomic E-state index is 13.5. The monoisotopic (exact) mass is 528 g/mol. The Bertz CT molecular complexity index is 1440. The highest BCUT2D eigenvalue weighted by Crippen LogP contribution is 2.31. The van der Waals surface area contributed by atoms with E-state index in [-0.39, 0.29) is 17.9 Å². The molecule has 0 fully saturated rings. The first kappa shape index (κ1) is 23.0. The second-order valence-corrected chi connectivity index (χ2v) is 9.15. The molecule has 0 bridgehead atoms. The van der Waals surface area contributed by atoms with Crippen molar-refractivity contribution >= 4 is 39.3 Å². The molecule has 1 aliphatic rings. The van der Waals surface area contributed by atoms with Crippen LogP contribution in [0.2, 0.25) is 0 Å². The number of aromatic hydroxyl groups is 1. The van der Waals surface area contributed by atoms with Crippen molar-refractivity contribution < 1.29 is 19.4 Å². The van der Waals surface area contributed by atoms with Crippen molar-refractivity contribution in [1.29, 1.82) is 0 Å². The molecule has 4 rings (SSSR count). The van der Waals surface area contributed by atoms with Crippen LogP contribution in [-0.2, 0) is 9.53 Å². The fourth-order valence-corrected chi connectivity index (χ4v) is 5.10. The summed E-state index contributed by atoms with van der Waals surface area (Å²) in [5, 5.41) is 9.75. The Labute approximate surface area is 202 Å². The molecule has 2 aromatic carbocycles. The Balaban J connectivity index is 1.94. The van der Waals surface area contributed by atoms with Crippen molar-refractivity contribution in [2.45, 2.75) is 19.9 Å². The van der Waals surface area contributed by atoms with Gasteiger partial charge in [0.1, 0.15) is 11.5 Å². The molecule has 9 heteroatoms. The highest BCUT2D eigenvalue weighted by atomic mass is 79.9. The van der Waals surface area contributed by atoms with Gasteiger partial charge in [0, 0.05) is 0 Å². The number of halogens is 1. The van der Waals surface area contributed by atoms with Crippen molar-refractivity contribution in [3.05, 3.63) is 89.0 Å². The first-order valence-electron chi connectivity index (χ1n) is 10.2. The van der Waals surface area contributed by atoms with Crippen LogP contribution >= 0.6 is 27.3 Å². The summed E-state index contributed by atoms with van der Waals surface area (Å²) in [6.45, 7) is 3.70. The zero-order chi connectivity index (χ0) is 23.7. The number of thiazole rings is 1. The third kappa shape index (κ3) is 4.38. The summed E-state index contributed by atoms with van der Waals surface area (Å²) in [7, 11) is 1.58. The average molecular weight is 529 g/mol. The Hall–Kier alpha value is -3.17. The number of carbonyl (C=O) groups excluding carboxylic acids is 1. The van der Waals surface area contributed by atoms with Crippen molar-refractivity contribution in [1.82, 2.24) is 4.57 Å². The molecule has 1 aliphatic heterocycles. The van der Waals surface area contributed by atoms with Crippen LogP contribution in [0.1, 0.15) is 31.0 Å². The number of fused-ring (bicyclic) bond motifs is 1. The number of hydrogen-bond acceptors (Lipinski definition) is 7. The highest BCUT2D eigenvalue weighted by molar-refractivity contribution is 9.10. The molecule has 3 aromatic rings. The molecule has 0 amide bonds. The Kier molecular flexibility index (Phi) is 6.53. The van der Waals surface area contributed by atoms with E-state index in [9.17, 15) is 14.7 Å². The summed E-state index contributed by atoms with van der Waals surface area (Å²) in [4.78, 5) is 31.5. The molecule has 170 valence electrons. The molecule has 0 radical (unpaired) electrons. The number of phenolic OH excluding ortho intramolecular Hbond substituents is 1. The van der Waals surface area contributed by atoms with E-state index in [4.69, 9.17) is 9.47 Å². The van der Waals surface area contributed by atoms with Crippen LogP contribution in [0.3, 0.4) is 0 Å². The Morgan fingerprint density at radius 1 is 1.27 bits per heavy atom. The smallest absolute Gasteiger partial charge is 0.338 e. The summed E-state index contributed by atoms with van der Waals surface area (Å²) < 4.78 is 13.1. The number of aromatic nitrogens is 1. The van der Waals surface area contributed by atoms with Gasteiger partial charge >= 0.3 is 5.97 Å². The van der Waals surface area contributed by atoms with E-state index in [0.29, 0.717) is 30.8 Å². The summed E-state index contributed by atoms with van der Waals surface area (Å²) >= 11 is 4.54. The first-order valence-corrected chi connectivity index (χ1v) is 11.8. The number of carbonyl (C=O) groups is 1. The predicted octanol–water partition coefficient (Wildman–Crippen LogP) is 3.28. The second-order valence-electron chi connectivity index (χ2n) is 7.29. The van der Waals surface area contributed by atoms with Crippen LogP contribution < -0.4 is 19.6 Å². The molecule has 0 spiro atoms. The van der Waals surface area contributed by atoms with Gasteiger partial charge in [-0.3, -0.25) is 9.36 Å². The molecule has 1 unspecified atom stereocenters. The van der Waals surface area contributed by atoms with Crippen LogP contribution in [0.15, 0.2) is 68.0 Å². The van der Waals surface area contributed by atoms with Gasteiger partial charge in [0.25, 0.3) is 5.56 Å². The first-order chi connectivity index (χ1) is 15.8. The predicted molar refractivity (Wildman–Crippen MR) is 129 cm³/mol. The molecule has 1 N–H and O–H groups in total. The highest BCUT2D eigenvalue weighted by Gasteiger charge is 2.33. The number of benzene rings is 2. The number of rotatable bonds is 5. The SMILES string of the molecule is CCOC(=O)C1=C(C)N=c2sc(=Cc3ccc(O)c(Br)c3)c(=O)n2C1c1ccc(OC)cc1. The summed E-state index contributed by atoms with van der Waals surface area (Å²) in [5.41, 5.74) is 2.06. The quantitative estimate of drug-likeness (QED) is 0.513. The van der Waals surface area contributed by atoms with Crippen molar-refractivity contribution in [3.63, 3.8) is 0 Å². The zero-order valence-corrected chi connectivity index (χ0v) is 20.6. The van der Waals surface area contributed by atoms with E-state index in [0.717, 1.165) is 11.1 Å². The van der Waals surface area contributed by atoms with Gasteiger partial charge in [-0.15, -0.1) is 0 Å². The third-order valence-corrected chi connectivity index (χ3v) is 6.84. The van der Waals surface area contributed by atoms with Gasteiger partial charge in [-0.25, -0.2) is 9.79 Å². The Morgan fingerprint density at radius 3 is 2.64 bits per heavy atom. The lowest BCUT2D eigenvalue weighted by Crippen LogP contribution is -2.39. The molecule has 1 aromatic heterocycles.